The smallest absolute Gasteiger partial charge is 0.252 e. The van der Waals surface area contributed by atoms with Crippen LogP contribution in [0, 0.1) is 0 Å². The van der Waals surface area contributed by atoms with Gasteiger partial charge in [0.15, 0.2) is 0 Å². The van der Waals surface area contributed by atoms with Gasteiger partial charge >= 0.3 is 0 Å². The summed E-state index contributed by atoms with van der Waals surface area (Å²) in [5.41, 5.74) is 6.70. The van der Waals surface area contributed by atoms with Crippen LogP contribution in [-0.4, -0.2) is 32.1 Å². The number of carbonyl (C=O) groups is 1. The fourth-order valence-corrected chi connectivity index (χ4v) is 2.90. The number of nitrogens with one attached hydrogen (secondary N) is 1. The van der Waals surface area contributed by atoms with Gasteiger partial charge in [0.1, 0.15) is 0 Å². The maximum atomic E-state index is 11.6. The van der Waals surface area contributed by atoms with Crippen molar-refractivity contribution in [1.82, 2.24) is 5.32 Å². The minimum absolute atomic E-state index is 0.409. The summed E-state index contributed by atoms with van der Waals surface area (Å²) >= 11 is 6.10. The highest BCUT2D eigenvalue weighted by atomic mass is 35.5. The van der Waals surface area contributed by atoms with Gasteiger partial charge < -0.3 is 16.0 Å². The zero-order chi connectivity index (χ0) is 13.8. The van der Waals surface area contributed by atoms with Crippen LogP contribution in [0.25, 0.3) is 0 Å². The van der Waals surface area contributed by atoms with E-state index in [-0.39, 0.29) is 0 Å². The molecule has 1 atom stereocenters. The number of hydrogen-bond acceptors (Lipinski definition) is 3. The number of carbonyl (C=O) groups excluding carboxylic acids is 1. The molecule has 1 aromatic carbocycles. The summed E-state index contributed by atoms with van der Waals surface area (Å²) in [6.45, 7) is 2.06. The van der Waals surface area contributed by atoms with Gasteiger partial charge in [0.25, 0.3) is 5.91 Å². The Kier molecular flexibility index (Phi) is 4.66. The van der Waals surface area contributed by atoms with Gasteiger partial charge in [-0.15, -0.1) is 0 Å². The molecule has 1 amide bonds. The molecule has 0 spiro atoms. The summed E-state index contributed by atoms with van der Waals surface area (Å²) in [4.78, 5) is 13.7. The van der Waals surface area contributed by atoms with Crippen LogP contribution >= 0.6 is 11.6 Å². The maximum Gasteiger partial charge on any atom is 0.252 e. The van der Waals surface area contributed by atoms with Crippen molar-refractivity contribution in [3.8, 4) is 0 Å². The normalized spacial score (nSPS) is 19.8. The van der Waals surface area contributed by atoms with E-state index in [0.717, 1.165) is 38.0 Å². The Morgan fingerprint density at radius 3 is 2.95 bits per heavy atom. The lowest BCUT2D eigenvalue weighted by Gasteiger charge is -2.30. The van der Waals surface area contributed by atoms with E-state index in [2.05, 4.69) is 10.2 Å². The van der Waals surface area contributed by atoms with E-state index in [1.165, 1.54) is 0 Å². The van der Waals surface area contributed by atoms with Crippen LogP contribution in [0.15, 0.2) is 18.2 Å². The summed E-state index contributed by atoms with van der Waals surface area (Å²) in [7, 11) is 2.01. The first-order valence-corrected chi connectivity index (χ1v) is 7.01. The summed E-state index contributed by atoms with van der Waals surface area (Å²) in [5, 5.41) is 3.81. The van der Waals surface area contributed by atoms with Crippen molar-refractivity contribution in [2.75, 3.05) is 25.0 Å². The van der Waals surface area contributed by atoms with Crippen molar-refractivity contribution in [3.63, 3.8) is 0 Å². The number of nitrogens with two attached hydrogens (primary N) is 1. The minimum Gasteiger partial charge on any atom is -0.371 e. The topological polar surface area (TPSA) is 58.4 Å². The lowest BCUT2D eigenvalue weighted by Crippen LogP contribution is -2.34. The third-order valence-electron chi connectivity index (χ3n) is 3.71. The van der Waals surface area contributed by atoms with Crippen molar-refractivity contribution in [2.45, 2.75) is 25.3 Å². The molecule has 5 heteroatoms. The van der Waals surface area contributed by atoms with Gasteiger partial charge in [0, 0.05) is 13.1 Å². The lowest BCUT2D eigenvalue weighted by atomic mass is 10.0. The summed E-state index contributed by atoms with van der Waals surface area (Å²) in [6, 6.07) is 5.87. The van der Waals surface area contributed by atoms with Crippen molar-refractivity contribution in [1.29, 1.82) is 0 Å². The van der Waals surface area contributed by atoms with Crippen LogP contribution in [0.5, 0.6) is 0 Å². The first-order chi connectivity index (χ1) is 9.11. The number of rotatable bonds is 3. The average Bonchev–Trinajstić information content (AvgIpc) is 2.66. The molecule has 0 aliphatic carbocycles. The standard InChI is InChI=1S/C14H20ClN3O/c1-18(10-4-3-8-17-9-7-10)12-6-2-5-11(15)13(12)14(16)19/h2,5-6,10,17H,3-4,7-9H2,1H3,(H2,16,19). The minimum atomic E-state index is -0.473. The van der Waals surface area contributed by atoms with E-state index >= 15 is 0 Å². The summed E-state index contributed by atoms with van der Waals surface area (Å²) in [6.07, 6.45) is 3.30. The van der Waals surface area contributed by atoms with E-state index in [1.54, 1.807) is 6.07 Å². The second kappa shape index (κ2) is 6.26. The molecule has 1 aliphatic rings. The van der Waals surface area contributed by atoms with E-state index in [1.807, 2.05) is 19.2 Å². The molecule has 19 heavy (non-hydrogen) atoms. The first-order valence-electron chi connectivity index (χ1n) is 6.63. The maximum absolute atomic E-state index is 11.6. The number of halogens is 1. The van der Waals surface area contributed by atoms with Crippen molar-refractivity contribution >= 4 is 23.2 Å². The molecular formula is C14H20ClN3O. The highest BCUT2D eigenvalue weighted by Crippen LogP contribution is 2.29. The van der Waals surface area contributed by atoms with E-state index in [4.69, 9.17) is 17.3 Å². The predicted octanol–water partition coefficient (Wildman–Crippen LogP) is 2.02. The van der Waals surface area contributed by atoms with Gasteiger partial charge in [0.05, 0.1) is 16.3 Å². The molecular weight excluding hydrogens is 262 g/mol. The molecule has 1 aliphatic heterocycles. The molecule has 1 fully saturated rings. The Morgan fingerprint density at radius 1 is 1.42 bits per heavy atom. The Bertz CT molecular complexity index is 456. The van der Waals surface area contributed by atoms with Crippen LogP contribution in [0.3, 0.4) is 0 Å². The van der Waals surface area contributed by atoms with E-state index < -0.39 is 5.91 Å². The molecule has 0 saturated carbocycles. The van der Waals surface area contributed by atoms with Crippen LogP contribution in [-0.2, 0) is 0 Å². The van der Waals surface area contributed by atoms with Crippen LogP contribution in [0.2, 0.25) is 5.02 Å². The van der Waals surface area contributed by atoms with Crippen LogP contribution in [0.1, 0.15) is 29.6 Å². The average molecular weight is 282 g/mol. The monoisotopic (exact) mass is 281 g/mol. The second-order valence-electron chi connectivity index (χ2n) is 4.94. The molecule has 4 nitrogen and oxygen atoms in total. The second-order valence-corrected chi connectivity index (χ2v) is 5.35. The van der Waals surface area contributed by atoms with Gasteiger partial charge in [-0.3, -0.25) is 4.79 Å². The van der Waals surface area contributed by atoms with Gasteiger partial charge in [-0.05, 0) is 44.5 Å². The molecule has 1 heterocycles. The predicted molar refractivity (Wildman–Crippen MR) is 78.9 cm³/mol. The molecule has 0 radical (unpaired) electrons. The van der Waals surface area contributed by atoms with E-state index in [9.17, 15) is 4.79 Å². The third-order valence-corrected chi connectivity index (χ3v) is 4.03. The molecule has 2 rings (SSSR count). The number of amides is 1. The number of benzene rings is 1. The molecule has 3 N–H and O–H groups in total. The largest absolute Gasteiger partial charge is 0.371 e. The van der Waals surface area contributed by atoms with Crippen LogP contribution < -0.4 is 16.0 Å². The van der Waals surface area contributed by atoms with Gasteiger partial charge in [0.2, 0.25) is 0 Å². The molecule has 1 unspecified atom stereocenters. The highest BCUT2D eigenvalue weighted by molar-refractivity contribution is 6.34. The lowest BCUT2D eigenvalue weighted by molar-refractivity contribution is 0.100. The Hall–Kier alpha value is -1.26. The Labute approximate surface area is 118 Å². The fraction of sp³-hybridized carbons (Fsp3) is 0.500. The van der Waals surface area contributed by atoms with Gasteiger partial charge in [-0.25, -0.2) is 0 Å². The zero-order valence-electron chi connectivity index (χ0n) is 11.2. The van der Waals surface area contributed by atoms with Crippen LogP contribution in [0.4, 0.5) is 5.69 Å². The summed E-state index contributed by atoms with van der Waals surface area (Å²) < 4.78 is 0. The first kappa shape index (κ1) is 14.2. The number of nitrogens with zero attached hydrogens (tertiary/aromatic N) is 1. The van der Waals surface area contributed by atoms with Gasteiger partial charge in [-0.2, -0.15) is 0 Å². The summed E-state index contributed by atoms with van der Waals surface area (Å²) in [5.74, 6) is -0.473. The van der Waals surface area contributed by atoms with Crippen molar-refractivity contribution in [2.24, 2.45) is 5.73 Å². The Balaban J connectivity index is 2.29. The zero-order valence-corrected chi connectivity index (χ0v) is 11.9. The molecule has 104 valence electrons. The molecule has 1 saturated heterocycles. The molecule has 0 aromatic heterocycles. The number of hydrogen-bond donors (Lipinski definition) is 2. The SMILES string of the molecule is CN(c1cccc(Cl)c1C(N)=O)C1CCCNCC1. The van der Waals surface area contributed by atoms with Gasteiger partial charge in [-0.1, -0.05) is 17.7 Å². The fourth-order valence-electron chi connectivity index (χ4n) is 2.64. The highest BCUT2D eigenvalue weighted by Gasteiger charge is 2.22. The molecule has 0 bridgehead atoms. The molecule has 1 aromatic rings. The Morgan fingerprint density at radius 2 is 2.21 bits per heavy atom. The van der Waals surface area contributed by atoms with Crippen molar-refractivity contribution in [3.05, 3.63) is 28.8 Å². The number of primary amides is 1. The van der Waals surface area contributed by atoms with Crippen molar-refractivity contribution < 1.29 is 4.79 Å². The number of anilines is 1. The third kappa shape index (κ3) is 3.19. The quantitative estimate of drug-likeness (QED) is 0.891. The van der Waals surface area contributed by atoms with E-state index in [0.29, 0.717) is 16.6 Å².